The van der Waals surface area contributed by atoms with Crippen LogP contribution in [0.2, 0.25) is 0 Å². The van der Waals surface area contributed by atoms with Gasteiger partial charge >= 0.3 is 6.09 Å². The summed E-state index contributed by atoms with van der Waals surface area (Å²) in [5, 5.41) is 10.5. The number of hydrogen-bond acceptors (Lipinski definition) is 8. The highest BCUT2D eigenvalue weighted by atomic mass is 16.5. The standard InChI is InChI=1S/C39H58N6O8/c1-9-13-27(32(47)35(49)40-19-28(46)42-30(36(50)44(7)8)23-14-11-10-12-15-23)41-34(48)31-29-25-17-16-24(18-25)26(29)20-45(31)37(51)33(39(4,5)6)43-38(52)53-21-22(2)3/h10-12,14-15,22,24-27,29-31,33H,9,13,16-21H2,1-8H3,(H,40,49)(H,41,48)(H,42,46)(H,43,52)/t24-,25+,26-,27+,29?,30?,31-,33+/m0/s1. The van der Waals surface area contributed by atoms with Crippen LogP contribution in [0.3, 0.4) is 0 Å². The molecule has 53 heavy (non-hydrogen) atoms. The molecule has 292 valence electrons. The number of carbonyl (C=O) groups is 7. The summed E-state index contributed by atoms with van der Waals surface area (Å²) >= 11 is 0. The van der Waals surface area contributed by atoms with Crippen LogP contribution in [0.15, 0.2) is 30.3 Å². The lowest BCUT2D eigenvalue weighted by atomic mass is 9.78. The number of benzene rings is 1. The van der Waals surface area contributed by atoms with Gasteiger partial charge in [0.15, 0.2) is 0 Å². The van der Waals surface area contributed by atoms with Gasteiger partial charge in [-0.25, -0.2) is 4.79 Å². The number of likely N-dealkylation sites (N-methyl/N-ethyl adjacent to an activating group) is 1. The van der Waals surface area contributed by atoms with Gasteiger partial charge in [0.05, 0.1) is 19.2 Å². The van der Waals surface area contributed by atoms with Gasteiger partial charge in [-0.15, -0.1) is 0 Å². The third-order valence-corrected chi connectivity index (χ3v) is 10.7. The second-order valence-corrected chi connectivity index (χ2v) is 16.5. The summed E-state index contributed by atoms with van der Waals surface area (Å²) in [6, 6.07) is 4.61. The Balaban J connectivity index is 1.47. The monoisotopic (exact) mass is 738 g/mol. The summed E-state index contributed by atoms with van der Waals surface area (Å²) in [6.45, 7) is 11.1. The van der Waals surface area contributed by atoms with Crippen molar-refractivity contribution in [1.29, 1.82) is 0 Å². The Morgan fingerprint density at radius 3 is 2.21 bits per heavy atom. The van der Waals surface area contributed by atoms with Crippen LogP contribution in [0.1, 0.15) is 85.3 Å². The smallest absolute Gasteiger partial charge is 0.407 e. The number of likely N-dealkylation sites (tertiary alicyclic amines) is 1. The number of hydrogen-bond donors (Lipinski definition) is 4. The van der Waals surface area contributed by atoms with Gasteiger partial charge in [-0.3, -0.25) is 28.8 Å². The predicted octanol–water partition coefficient (Wildman–Crippen LogP) is 2.57. The van der Waals surface area contributed by atoms with Crippen molar-refractivity contribution in [3.63, 3.8) is 0 Å². The Morgan fingerprint density at radius 1 is 0.943 bits per heavy atom. The first-order chi connectivity index (χ1) is 24.9. The van der Waals surface area contributed by atoms with Crippen LogP contribution in [0, 0.1) is 35.0 Å². The summed E-state index contributed by atoms with van der Waals surface area (Å²) in [4.78, 5) is 96.8. The molecule has 0 spiro atoms. The molecule has 2 bridgehead atoms. The van der Waals surface area contributed by atoms with E-state index in [9.17, 15) is 33.6 Å². The molecule has 4 N–H and O–H groups in total. The van der Waals surface area contributed by atoms with E-state index in [0.717, 1.165) is 19.3 Å². The third kappa shape index (κ3) is 9.94. The quantitative estimate of drug-likeness (QED) is 0.198. The van der Waals surface area contributed by atoms with Crippen molar-refractivity contribution in [2.45, 2.75) is 97.8 Å². The van der Waals surface area contributed by atoms with Crippen LogP contribution >= 0.6 is 0 Å². The van der Waals surface area contributed by atoms with Crippen molar-refractivity contribution in [3.8, 4) is 0 Å². The van der Waals surface area contributed by atoms with Gasteiger partial charge in [0.2, 0.25) is 29.4 Å². The van der Waals surface area contributed by atoms with Crippen LogP contribution in [-0.4, -0.2) is 103 Å². The van der Waals surface area contributed by atoms with E-state index in [-0.39, 0.29) is 42.6 Å². The molecule has 2 saturated carbocycles. The van der Waals surface area contributed by atoms with Gasteiger partial charge in [-0.05, 0) is 66.3 Å². The van der Waals surface area contributed by atoms with E-state index < -0.39 is 71.6 Å². The van der Waals surface area contributed by atoms with Crippen molar-refractivity contribution >= 4 is 41.4 Å². The molecule has 3 fully saturated rings. The minimum Gasteiger partial charge on any atom is -0.449 e. The first kappa shape index (κ1) is 41.3. The first-order valence-corrected chi connectivity index (χ1v) is 18.9. The molecule has 1 aromatic rings. The Morgan fingerprint density at radius 2 is 1.60 bits per heavy atom. The van der Waals surface area contributed by atoms with E-state index >= 15 is 0 Å². The zero-order valence-corrected chi connectivity index (χ0v) is 32.4. The molecule has 14 nitrogen and oxygen atoms in total. The van der Waals surface area contributed by atoms with Crippen LogP contribution in [0.4, 0.5) is 4.79 Å². The summed E-state index contributed by atoms with van der Waals surface area (Å²) in [5.74, 6) is -3.18. The number of carbonyl (C=O) groups excluding carboxylic acids is 7. The van der Waals surface area contributed by atoms with Crippen molar-refractivity contribution in [1.82, 2.24) is 31.1 Å². The summed E-state index contributed by atoms with van der Waals surface area (Å²) in [5.41, 5.74) is -0.155. The Hall–Kier alpha value is -4.49. The van der Waals surface area contributed by atoms with Crippen LogP contribution < -0.4 is 21.3 Å². The summed E-state index contributed by atoms with van der Waals surface area (Å²) < 4.78 is 5.34. The topological polar surface area (TPSA) is 183 Å². The second-order valence-electron chi connectivity index (χ2n) is 16.5. The molecule has 6 amide bonds. The molecule has 0 radical (unpaired) electrons. The maximum atomic E-state index is 14.4. The minimum atomic E-state index is -1.19. The van der Waals surface area contributed by atoms with E-state index in [1.54, 1.807) is 49.3 Å². The molecule has 1 saturated heterocycles. The molecule has 4 rings (SSSR count). The molecule has 1 aliphatic heterocycles. The zero-order chi connectivity index (χ0) is 39.2. The molecule has 2 aliphatic carbocycles. The highest BCUT2D eigenvalue weighted by Crippen LogP contribution is 2.57. The molecule has 0 aromatic heterocycles. The molecule has 2 unspecified atom stereocenters. The van der Waals surface area contributed by atoms with Gasteiger partial charge in [0.1, 0.15) is 18.1 Å². The number of nitrogens with zero attached hydrogens (tertiary/aromatic N) is 2. The van der Waals surface area contributed by atoms with Crippen molar-refractivity contribution in [2.75, 3.05) is 33.8 Å². The number of Topliss-reactive ketones (excluding diaryl/α,β-unsaturated/α-hetero) is 1. The lowest BCUT2D eigenvalue weighted by molar-refractivity contribution is -0.145. The SMILES string of the molecule is CCC[C@@H](NC(=O)[C@@H]1C2[C@@H]3CC[C@@H](C3)[C@@H]2CN1C(=O)[C@@H](NC(=O)OCC(C)C)C(C)(C)C)C(=O)C(=O)NCC(=O)NC(C(=O)N(C)C)c1ccccc1. The number of nitrogens with one attached hydrogen (secondary N) is 4. The lowest BCUT2D eigenvalue weighted by Crippen LogP contribution is -2.60. The minimum absolute atomic E-state index is 0.106. The van der Waals surface area contributed by atoms with Crippen LogP contribution in [0.25, 0.3) is 0 Å². The Kier molecular flexibility index (Phi) is 13.7. The summed E-state index contributed by atoms with van der Waals surface area (Å²) in [6.07, 6.45) is 2.88. The van der Waals surface area contributed by atoms with Crippen molar-refractivity contribution < 1.29 is 38.3 Å². The fourth-order valence-corrected chi connectivity index (χ4v) is 8.15. The highest BCUT2D eigenvalue weighted by molar-refractivity contribution is 6.38. The number of rotatable bonds is 15. The third-order valence-electron chi connectivity index (χ3n) is 10.7. The van der Waals surface area contributed by atoms with Crippen molar-refractivity contribution in [3.05, 3.63) is 35.9 Å². The Bertz CT molecular complexity index is 1530. The molecular weight excluding hydrogens is 680 g/mol. The zero-order valence-electron chi connectivity index (χ0n) is 32.4. The van der Waals surface area contributed by atoms with E-state index in [1.807, 2.05) is 41.5 Å². The number of ether oxygens (including phenoxy) is 1. The van der Waals surface area contributed by atoms with E-state index in [0.29, 0.717) is 24.4 Å². The van der Waals surface area contributed by atoms with Gasteiger partial charge in [0.25, 0.3) is 5.91 Å². The fourth-order valence-electron chi connectivity index (χ4n) is 8.15. The van der Waals surface area contributed by atoms with Gasteiger partial charge in [0, 0.05) is 20.6 Å². The van der Waals surface area contributed by atoms with E-state index in [4.69, 9.17) is 4.74 Å². The van der Waals surface area contributed by atoms with Crippen LogP contribution in [0.5, 0.6) is 0 Å². The number of fused-ring (bicyclic) bond motifs is 5. The normalized spacial score (nSPS) is 23.3. The van der Waals surface area contributed by atoms with Gasteiger partial charge in [-0.2, -0.15) is 0 Å². The number of alkyl carbamates (subject to hydrolysis) is 1. The molecule has 14 heteroatoms. The maximum Gasteiger partial charge on any atom is 0.407 e. The molecule has 8 atom stereocenters. The summed E-state index contributed by atoms with van der Waals surface area (Å²) in [7, 11) is 3.13. The maximum absolute atomic E-state index is 14.4. The van der Waals surface area contributed by atoms with Gasteiger partial charge < -0.3 is 35.8 Å². The van der Waals surface area contributed by atoms with Crippen molar-refractivity contribution in [2.24, 2.45) is 35.0 Å². The Labute approximate surface area is 312 Å². The molecular formula is C39H58N6O8. The van der Waals surface area contributed by atoms with E-state index in [2.05, 4.69) is 21.3 Å². The predicted molar refractivity (Wildman–Crippen MR) is 197 cm³/mol. The molecule has 1 heterocycles. The number of amides is 6. The second kappa shape index (κ2) is 17.6. The molecule has 1 aromatic carbocycles. The van der Waals surface area contributed by atoms with Crippen LogP contribution in [-0.2, 0) is 33.5 Å². The average molecular weight is 739 g/mol. The van der Waals surface area contributed by atoms with E-state index in [1.165, 1.54) is 4.90 Å². The lowest BCUT2D eigenvalue weighted by Gasteiger charge is -2.37. The van der Waals surface area contributed by atoms with Gasteiger partial charge in [-0.1, -0.05) is 78.3 Å². The highest BCUT2D eigenvalue weighted by Gasteiger charge is 2.60. The number of ketones is 1. The largest absolute Gasteiger partial charge is 0.449 e. The first-order valence-electron chi connectivity index (χ1n) is 18.9. The fraction of sp³-hybridized carbons (Fsp3) is 0.667. The molecule has 3 aliphatic rings. The average Bonchev–Trinajstić information content (AvgIpc) is 3.83.